The van der Waals surface area contributed by atoms with Crippen LogP contribution in [0.15, 0.2) is 85.2 Å². The van der Waals surface area contributed by atoms with Gasteiger partial charge in [-0.3, -0.25) is 4.79 Å². The van der Waals surface area contributed by atoms with Crippen molar-refractivity contribution in [3.63, 3.8) is 0 Å². The number of hydrogen-bond donors (Lipinski definition) is 4. The summed E-state index contributed by atoms with van der Waals surface area (Å²) in [4.78, 5) is 33.5. The molecule has 11 nitrogen and oxygen atoms in total. The van der Waals surface area contributed by atoms with E-state index in [0.717, 1.165) is 50.1 Å². The molecule has 0 bridgehead atoms. The number of rotatable bonds is 11. The van der Waals surface area contributed by atoms with Gasteiger partial charge in [0.05, 0.1) is 19.7 Å². The average molecular weight is 662 g/mol. The monoisotopic (exact) mass is 661 g/mol. The van der Waals surface area contributed by atoms with E-state index in [-0.39, 0.29) is 5.91 Å². The second kappa shape index (κ2) is 13.5. The third-order valence-corrected chi connectivity index (χ3v) is 8.48. The molecule has 0 spiro atoms. The molecule has 0 radical (unpaired) electrons. The van der Waals surface area contributed by atoms with Gasteiger partial charge in [0.15, 0.2) is 5.82 Å². The standard InChI is InChI=1S/C38H43N7O4/c1-37(2,3)49-36(47)42-38(4,5)35(46)41-32(19-25-21-39-30-13-9-7-11-28(25)30)34-44-43-33(20-26-22-40-31-14-10-8-12-29(26)31)45(34)23-24-15-17-27(48-6)18-16-24/h7-18,21-22,32,39-40H,19-20,23H2,1-6H3,(H,41,46)(H,42,47)/t32-/m1/s1. The SMILES string of the molecule is COc1ccc(Cn2c(Cc3c[nH]c4ccccc34)nnc2[C@@H](Cc2c[nH]c3ccccc23)NC(=O)C(C)(C)NC(=O)OC(C)(C)C)cc1. The lowest BCUT2D eigenvalue weighted by atomic mass is 10.0. The van der Waals surface area contributed by atoms with Crippen molar-refractivity contribution in [2.75, 3.05) is 7.11 Å². The highest BCUT2D eigenvalue weighted by Crippen LogP contribution is 2.28. The first kappa shape index (κ1) is 33.3. The maximum Gasteiger partial charge on any atom is 0.408 e. The molecule has 49 heavy (non-hydrogen) atoms. The first-order valence-electron chi connectivity index (χ1n) is 16.4. The van der Waals surface area contributed by atoms with Crippen LogP contribution in [-0.4, -0.2) is 55.0 Å². The average Bonchev–Trinajstić information content (AvgIpc) is 3.77. The lowest BCUT2D eigenvalue weighted by molar-refractivity contribution is -0.127. The predicted octanol–water partition coefficient (Wildman–Crippen LogP) is 6.59. The largest absolute Gasteiger partial charge is 0.497 e. The smallest absolute Gasteiger partial charge is 0.408 e. The van der Waals surface area contributed by atoms with Gasteiger partial charge in [-0.2, -0.15) is 0 Å². The maximum atomic E-state index is 14.0. The first-order chi connectivity index (χ1) is 23.4. The highest BCUT2D eigenvalue weighted by Gasteiger charge is 2.35. The van der Waals surface area contributed by atoms with Gasteiger partial charge in [-0.05, 0) is 75.6 Å². The minimum Gasteiger partial charge on any atom is -0.497 e. The predicted molar refractivity (Wildman–Crippen MR) is 190 cm³/mol. The van der Waals surface area contributed by atoms with E-state index >= 15 is 0 Å². The van der Waals surface area contributed by atoms with E-state index in [1.807, 2.05) is 73.1 Å². The molecule has 254 valence electrons. The fourth-order valence-corrected chi connectivity index (χ4v) is 5.95. The Hall–Kier alpha value is -5.58. The molecular weight excluding hydrogens is 618 g/mol. The first-order valence-corrected chi connectivity index (χ1v) is 16.4. The Balaban J connectivity index is 1.40. The van der Waals surface area contributed by atoms with Gasteiger partial charge >= 0.3 is 6.09 Å². The van der Waals surface area contributed by atoms with Crippen LogP contribution in [0.2, 0.25) is 0 Å². The number of amides is 2. The molecule has 3 aromatic heterocycles. The number of alkyl carbamates (subject to hydrolysis) is 1. The normalized spacial score (nSPS) is 12.6. The molecule has 6 aromatic rings. The lowest BCUT2D eigenvalue weighted by Gasteiger charge is -2.29. The fourth-order valence-electron chi connectivity index (χ4n) is 5.95. The number of methoxy groups -OCH3 is 1. The van der Waals surface area contributed by atoms with Crippen LogP contribution in [0, 0.1) is 0 Å². The van der Waals surface area contributed by atoms with E-state index < -0.39 is 23.3 Å². The summed E-state index contributed by atoms with van der Waals surface area (Å²) >= 11 is 0. The Morgan fingerprint density at radius 2 is 1.45 bits per heavy atom. The Bertz CT molecular complexity index is 2080. The lowest BCUT2D eigenvalue weighted by Crippen LogP contribution is -2.56. The molecule has 0 saturated heterocycles. The van der Waals surface area contributed by atoms with Crippen molar-refractivity contribution < 1.29 is 19.1 Å². The molecule has 4 N–H and O–H groups in total. The molecule has 0 aliphatic carbocycles. The molecule has 6 rings (SSSR count). The second-order valence-corrected chi connectivity index (χ2v) is 13.8. The van der Waals surface area contributed by atoms with Crippen molar-refractivity contribution in [1.82, 2.24) is 35.4 Å². The summed E-state index contributed by atoms with van der Waals surface area (Å²) in [6.07, 6.45) is 4.24. The summed E-state index contributed by atoms with van der Waals surface area (Å²) in [5, 5.41) is 17.6. The number of ether oxygens (including phenoxy) is 2. The quantitative estimate of drug-likeness (QED) is 0.124. The van der Waals surface area contributed by atoms with Crippen LogP contribution in [0.3, 0.4) is 0 Å². The Labute approximate surface area is 285 Å². The van der Waals surface area contributed by atoms with Gasteiger partial charge in [0.2, 0.25) is 5.91 Å². The number of hydrogen-bond acceptors (Lipinski definition) is 6. The van der Waals surface area contributed by atoms with Crippen LogP contribution in [0.25, 0.3) is 21.8 Å². The van der Waals surface area contributed by atoms with Crippen molar-refractivity contribution >= 4 is 33.8 Å². The van der Waals surface area contributed by atoms with E-state index in [0.29, 0.717) is 25.2 Å². The zero-order valence-corrected chi connectivity index (χ0v) is 28.8. The van der Waals surface area contributed by atoms with Gasteiger partial charge in [-0.25, -0.2) is 4.79 Å². The van der Waals surface area contributed by atoms with Gasteiger partial charge in [-0.1, -0.05) is 48.5 Å². The number of benzene rings is 3. The van der Waals surface area contributed by atoms with Gasteiger partial charge in [0, 0.05) is 47.0 Å². The van der Waals surface area contributed by atoms with Crippen LogP contribution in [-0.2, 0) is 28.9 Å². The number of nitrogens with one attached hydrogen (secondary N) is 4. The summed E-state index contributed by atoms with van der Waals surface area (Å²) in [5.41, 5.74) is 3.15. The molecule has 0 saturated carbocycles. The number of para-hydroxylation sites is 2. The fraction of sp³-hybridized carbons (Fsp3) is 0.316. The highest BCUT2D eigenvalue weighted by atomic mass is 16.6. The van der Waals surface area contributed by atoms with Crippen LogP contribution in [0.1, 0.15) is 69.0 Å². The topological polar surface area (TPSA) is 139 Å². The number of nitrogens with zero attached hydrogens (tertiary/aromatic N) is 3. The third kappa shape index (κ3) is 7.61. The van der Waals surface area contributed by atoms with Crippen molar-refractivity contribution in [3.05, 3.63) is 114 Å². The van der Waals surface area contributed by atoms with E-state index in [4.69, 9.17) is 19.7 Å². The molecule has 3 aromatic carbocycles. The van der Waals surface area contributed by atoms with Gasteiger partial charge in [0.1, 0.15) is 22.7 Å². The zero-order valence-electron chi connectivity index (χ0n) is 28.8. The van der Waals surface area contributed by atoms with Crippen molar-refractivity contribution in [3.8, 4) is 5.75 Å². The molecule has 11 heteroatoms. The summed E-state index contributed by atoms with van der Waals surface area (Å²) in [6, 6.07) is 23.5. The third-order valence-electron chi connectivity index (χ3n) is 8.48. The zero-order chi connectivity index (χ0) is 34.8. The Kier molecular flexibility index (Phi) is 9.18. The van der Waals surface area contributed by atoms with Crippen LogP contribution >= 0.6 is 0 Å². The summed E-state index contributed by atoms with van der Waals surface area (Å²) < 4.78 is 12.9. The number of aromatic amines is 2. The van der Waals surface area contributed by atoms with Gasteiger partial charge in [0.25, 0.3) is 0 Å². The Morgan fingerprint density at radius 3 is 2.08 bits per heavy atom. The molecule has 0 unspecified atom stereocenters. The van der Waals surface area contributed by atoms with Crippen molar-refractivity contribution in [2.24, 2.45) is 0 Å². The molecule has 0 fully saturated rings. The van der Waals surface area contributed by atoms with Crippen molar-refractivity contribution in [2.45, 2.75) is 71.2 Å². The number of H-pyrrole nitrogens is 2. The molecule has 1 atom stereocenters. The molecule has 0 aliphatic rings. The highest BCUT2D eigenvalue weighted by molar-refractivity contribution is 5.89. The number of aromatic nitrogens is 5. The van der Waals surface area contributed by atoms with E-state index in [2.05, 4.69) is 37.3 Å². The minimum atomic E-state index is -1.30. The van der Waals surface area contributed by atoms with E-state index in [1.54, 1.807) is 41.7 Å². The van der Waals surface area contributed by atoms with Crippen LogP contribution in [0.4, 0.5) is 4.79 Å². The summed E-state index contributed by atoms with van der Waals surface area (Å²) in [6.45, 7) is 9.10. The van der Waals surface area contributed by atoms with E-state index in [1.165, 1.54) is 0 Å². The van der Waals surface area contributed by atoms with Crippen LogP contribution < -0.4 is 15.4 Å². The Morgan fingerprint density at radius 1 is 0.837 bits per heavy atom. The molecule has 0 aliphatic heterocycles. The van der Waals surface area contributed by atoms with Crippen LogP contribution in [0.5, 0.6) is 5.75 Å². The second-order valence-electron chi connectivity index (χ2n) is 13.8. The van der Waals surface area contributed by atoms with E-state index in [9.17, 15) is 9.59 Å². The minimum absolute atomic E-state index is 0.389. The van der Waals surface area contributed by atoms with Gasteiger partial charge in [-0.15, -0.1) is 10.2 Å². The molecule has 3 heterocycles. The molecular formula is C38H43N7O4. The number of carbonyl (C=O) groups excluding carboxylic acids is 2. The summed E-state index contributed by atoms with van der Waals surface area (Å²) in [7, 11) is 1.64. The summed E-state index contributed by atoms with van der Waals surface area (Å²) in [5.74, 6) is 1.72. The maximum absolute atomic E-state index is 14.0. The number of fused-ring (bicyclic) bond motifs is 2. The van der Waals surface area contributed by atoms with Gasteiger partial charge < -0.3 is 34.6 Å². The number of carbonyl (C=O) groups is 2. The molecule has 2 amide bonds. The van der Waals surface area contributed by atoms with Crippen molar-refractivity contribution in [1.29, 1.82) is 0 Å².